The average molecular weight is 607 g/mol. The van der Waals surface area contributed by atoms with Gasteiger partial charge in [0.15, 0.2) is 0 Å². The van der Waals surface area contributed by atoms with Gasteiger partial charge < -0.3 is 15.0 Å². The van der Waals surface area contributed by atoms with E-state index in [1.807, 2.05) is 20.8 Å². The summed E-state index contributed by atoms with van der Waals surface area (Å²) in [5.74, 6) is -0.382. The van der Waals surface area contributed by atoms with Crippen LogP contribution in [-0.4, -0.2) is 50.9 Å². The summed E-state index contributed by atoms with van der Waals surface area (Å²) in [6.45, 7) is 6.52. The van der Waals surface area contributed by atoms with Gasteiger partial charge in [-0.1, -0.05) is 53.0 Å². The molecule has 0 fully saturated rings. The fourth-order valence-corrected chi connectivity index (χ4v) is 5.92. The molecular weight excluding hydrogens is 573 g/mol. The molecule has 11 heteroatoms. The van der Waals surface area contributed by atoms with Gasteiger partial charge in [0, 0.05) is 22.6 Å². The molecule has 0 aromatic heterocycles. The van der Waals surface area contributed by atoms with Crippen LogP contribution >= 0.6 is 23.2 Å². The van der Waals surface area contributed by atoms with E-state index in [4.69, 9.17) is 27.9 Å². The van der Waals surface area contributed by atoms with Crippen molar-refractivity contribution >= 4 is 50.7 Å². The van der Waals surface area contributed by atoms with Gasteiger partial charge in [-0.15, -0.1) is 0 Å². The van der Waals surface area contributed by atoms with E-state index in [1.54, 1.807) is 43.3 Å². The minimum Gasteiger partial charge on any atom is -0.497 e. The zero-order valence-electron chi connectivity index (χ0n) is 23.0. The maximum absolute atomic E-state index is 14.0. The number of anilines is 1. The molecule has 0 aliphatic heterocycles. The lowest BCUT2D eigenvalue weighted by Crippen LogP contribution is -2.52. The number of carbonyl (C=O) groups is 2. The second kappa shape index (κ2) is 13.4. The van der Waals surface area contributed by atoms with Crippen molar-refractivity contribution in [2.45, 2.75) is 51.2 Å². The number of hydrogen-bond donors (Lipinski definition) is 1. The lowest BCUT2D eigenvalue weighted by Gasteiger charge is -2.32. The van der Waals surface area contributed by atoms with Crippen LogP contribution in [0.4, 0.5) is 5.69 Å². The highest BCUT2D eigenvalue weighted by Gasteiger charge is 2.33. The van der Waals surface area contributed by atoms with Crippen molar-refractivity contribution in [3.63, 3.8) is 0 Å². The van der Waals surface area contributed by atoms with Gasteiger partial charge in [0.1, 0.15) is 18.3 Å². The quantitative estimate of drug-likeness (QED) is 0.313. The topological polar surface area (TPSA) is 96.0 Å². The third kappa shape index (κ3) is 7.90. The van der Waals surface area contributed by atoms with Gasteiger partial charge in [0.25, 0.3) is 10.0 Å². The van der Waals surface area contributed by atoms with E-state index in [0.29, 0.717) is 11.3 Å². The summed E-state index contributed by atoms with van der Waals surface area (Å²) in [6, 6.07) is 16.6. The number of sulfonamides is 1. The van der Waals surface area contributed by atoms with Crippen LogP contribution in [0.5, 0.6) is 5.75 Å². The molecular formula is C29H33Cl2N3O5S. The number of nitrogens with one attached hydrogen (secondary N) is 1. The Kier molecular flexibility index (Phi) is 10.5. The van der Waals surface area contributed by atoms with Crippen molar-refractivity contribution in [3.05, 3.63) is 87.9 Å². The molecule has 3 aromatic carbocycles. The fraction of sp³-hybridized carbons (Fsp3) is 0.310. The Morgan fingerprint density at radius 1 is 0.950 bits per heavy atom. The van der Waals surface area contributed by atoms with Gasteiger partial charge >= 0.3 is 0 Å². The summed E-state index contributed by atoms with van der Waals surface area (Å²) in [5, 5.41) is 3.23. The molecule has 3 aromatic rings. The molecule has 0 aliphatic carbocycles. The Hall–Kier alpha value is -3.27. The highest BCUT2D eigenvalue weighted by molar-refractivity contribution is 7.92. The van der Waals surface area contributed by atoms with E-state index in [9.17, 15) is 18.0 Å². The molecule has 0 heterocycles. The first-order valence-corrected chi connectivity index (χ1v) is 14.8. The summed E-state index contributed by atoms with van der Waals surface area (Å²) in [4.78, 5) is 28.3. The summed E-state index contributed by atoms with van der Waals surface area (Å²) >= 11 is 12.4. The van der Waals surface area contributed by atoms with Crippen molar-refractivity contribution in [1.29, 1.82) is 0 Å². The van der Waals surface area contributed by atoms with Crippen molar-refractivity contribution in [2.75, 3.05) is 18.0 Å². The van der Waals surface area contributed by atoms with Crippen molar-refractivity contribution < 1.29 is 22.7 Å². The third-order valence-corrected chi connectivity index (χ3v) is 8.33. The molecule has 0 saturated heterocycles. The smallest absolute Gasteiger partial charge is 0.264 e. The van der Waals surface area contributed by atoms with E-state index in [1.165, 1.54) is 42.3 Å². The number of hydrogen-bond acceptors (Lipinski definition) is 5. The molecule has 0 bridgehead atoms. The Labute approximate surface area is 245 Å². The van der Waals surface area contributed by atoms with Crippen molar-refractivity contribution in [3.8, 4) is 5.75 Å². The molecule has 2 amide bonds. The fourth-order valence-electron chi connectivity index (χ4n) is 4.00. The molecule has 0 aliphatic rings. The molecule has 1 N–H and O–H groups in total. The molecule has 0 spiro atoms. The highest BCUT2D eigenvalue weighted by Crippen LogP contribution is 2.30. The first-order chi connectivity index (χ1) is 18.8. The summed E-state index contributed by atoms with van der Waals surface area (Å²) in [5.41, 5.74) is 1.70. The van der Waals surface area contributed by atoms with Crippen LogP contribution < -0.4 is 14.4 Å². The second-order valence-corrected chi connectivity index (χ2v) is 12.4. The normalized spacial score (nSPS) is 12.1. The second-order valence-electron chi connectivity index (χ2n) is 9.66. The van der Waals surface area contributed by atoms with Crippen LogP contribution in [-0.2, 0) is 26.2 Å². The molecule has 8 nitrogen and oxygen atoms in total. The van der Waals surface area contributed by atoms with Gasteiger partial charge in [-0.2, -0.15) is 0 Å². The number of benzene rings is 3. The molecule has 0 saturated carbocycles. The monoisotopic (exact) mass is 605 g/mol. The van der Waals surface area contributed by atoms with Gasteiger partial charge in [-0.05, 0) is 75.7 Å². The minimum absolute atomic E-state index is 0.00746. The number of amides is 2. The number of aryl methyl sites for hydroxylation is 1. The van der Waals surface area contributed by atoms with Gasteiger partial charge in [-0.25, -0.2) is 8.42 Å². The van der Waals surface area contributed by atoms with Gasteiger partial charge in [-0.3, -0.25) is 13.9 Å². The predicted octanol–water partition coefficient (Wildman–Crippen LogP) is 5.45. The maximum atomic E-state index is 14.0. The SMILES string of the molecule is COc1cccc(CN(C(=O)CN(c2cc(Cl)cc(Cl)c2)S(=O)(=O)c2ccc(C)cc2)C(C)C(=O)NC(C)C)c1. The van der Waals surface area contributed by atoms with Crippen molar-refractivity contribution in [2.24, 2.45) is 0 Å². The first kappa shape index (κ1) is 31.3. The Balaban J connectivity index is 2.07. The van der Waals surface area contributed by atoms with Crippen molar-refractivity contribution in [1.82, 2.24) is 10.2 Å². The third-order valence-electron chi connectivity index (χ3n) is 6.11. The van der Waals surface area contributed by atoms with Gasteiger partial charge in [0.05, 0.1) is 17.7 Å². The Morgan fingerprint density at radius 3 is 2.15 bits per heavy atom. The molecule has 0 radical (unpaired) electrons. The van der Waals surface area contributed by atoms with Crippen LogP contribution in [0, 0.1) is 6.92 Å². The van der Waals surface area contributed by atoms with E-state index in [-0.39, 0.29) is 39.1 Å². The number of ether oxygens (including phenoxy) is 1. The number of halogens is 2. The van der Waals surface area contributed by atoms with E-state index >= 15 is 0 Å². The molecule has 40 heavy (non-hydrogen) atoms. The lowest BCUT2D eigenvalue weighted by molar-refractivity contribution is -0.139. The molecule has 1 unspecified atom stereocenters. The predicted molar refractivity (Wildman–Crippen MR) is 158 cm³/mol. The number of methoxy groups -OCH3 is 1. The number of rotatable bonds is 11. The molecule has 1 atom stereocenters. The Bertz CT molecular complexity index is 1440. The summed E-state index contributed by atoms with van der Waals surface area (Å²) in [7, 11) is -2.70. The zero-order valence-corrected chi connectivity index (χ0v) is 25.3. The Morgan fingerprint density at radius 2 is 1.57 bits per heavy atom. The molecule has 3 rings (SSSR count). The van der Waals surface area contributed by atoms with Crippen LogP contribution in [0.3, 0.4) is 0 Å². The zero-order chi connectivity index (χ0) is 29.6. The highest BCUT2D eigenvalue weighted by atomic mass is 35.5. The largest absolute Gasteiger partial charge is 0.497 e. The minimum atomic E-state index is -4.23. The van der Waals surface area contributed by atoms with Crippen LogP contribution in [0.15, 0.2) is 71.6 Å². The molecule has 214 valence electrons. The number of nitrogens with zero attached hydrogens (tertiary/aromatic N) is 2. The van der Waals surface area contributed by atoms with Crippen LogP contribution in [0.25, 0.3) is 0 Å². The van der Waals surface area contributed by atoms with E-state index < -0.39 is 28.5 Å². The summed E-state index contributed by atoms with van der Waals surface area (Å²) < 4.78 is 34.0. The van der Waals surface area contributed by atoms with E-state index in [2.05, 4.69) is 5.32 Å². The first-order valence-electron chi connectivity index (χ1n) is 12.6. The summed E-state index contributed by atoms with van der Waals surface area (Å²) in [6.07, 6.45) is 0. The maximum Gasteiger partial charge on any atom is 0.264 e. The average Bonchev–Trinajstić information content (AvgIpc) is 2.89. The standard InChI is InChI=1S/C29H33Cl2N3O5S/c1-19(2)32-29(36)21(4)33(17-22-7-6-8-26(13-22)39-5)28(35)18-34(25-15-23(30)14-24(31)16-25)40(37,38)27-11-9-20(3)10-12-27/h6-16,19,21H,17-18H2,1-5H3,(H,32,36). The van der Waals surface area contributed by atoms with Crippen LogP contribution in [0.1, 0.15) is 31.9 Å². The van der Waals surface area contributed by atoms with E-state index in [0.717, 1.165) is 9.87 Å². The van der Waals surface area contributed by atoms with Crippen LogP contribution in [0.2, 0.25) is 10.0 Å². The number of carbonyl (C=O) groups excluding carboxylic acids is 2. The lowest BCUT2D eigenvalue weighted by atomic mass is 10.1. The van der Waals surface area contributed by atoms with Gasteiger partial charge in [0.2, 0.25) is 11.8 Å².